The summed E-state index contributed by atoms with van der Waals surface area (Å²) in [5.41, 5.74) is 0. The number of aliphatic hydroxyl groups is 17. The summed E-state index contributed by atoms with van der Waals surface area (Å²) in [5.74, 6) is 0. The summed E-state index contributed by atoms with van der Waals surface area (Å²) >= 11 is 0. The number of rotatable bonds is 13. The molecule has 0 bridgehead atoms. The Kier molecular flexibility index (Phi) is 16.1. The van der Waals surface area contributed by atoms with Gasteiger partial charge >= 0.3 is 0 Å². The third kappa shape index (κ3) is 9.46. The largest absolute Gasteiger partial charge is 0.394 e. The highest BCUT2D eigenvalue weighted by molar-refractivity contribution is 4.97. The number of hydrogen-bond acceptors (Lipinski definition) is 26. The van der Waals surface area contributed by atoms with Crippen molar-refractivity contribution in [2.24, 2.45) is 0 Å². The van der Waals surface area contributed by atoms with E-state index in [1.807, 2.05) is 0 Å². The topological polar surface area (TPSA) is 427 Å². The zero-order chi connectivity index (χ0) is 41.3. The predicted molar refractivity (Wildman–Crippen MR) is 167 cm³/mol. The molecule has 328 valence electrons. The molecule has 5 heterocycles. The molecule has 0 aromatic carbocycles. The fourth-order valence-electron chi connectivity index (χ4n) is 6.82. The van der Waals surface area contributed by atoms with Crippen molar-refractivity contribution < 1.29 is 129 Å². The van der Waals surface area contributed by atoms with Crippen LogP contribution in [0.25, 0.3) is 0 Å². The van der Waals surface area contributed by atoms with Gasteiger partial charge in [0.2, 0.25) is 0 Å². The molecule has 5 rings (SSSR count). The van der Waals surface area contributed by atoms with Crippen molar-refractivity contribution in [1.29, 1.82) is 0 Å². The first-order chi connectivity index (χ1) is 26.4. The normalized spacial score (nSPS) is 53.2. The van der Waals surface area contributed by atoms with E-state index in [4.69, 9.17) is 42.6 Å². The van der Waals surface area contributed by atoms with E-state index in [0.29, 0.717) is 0 Å². The van der Waals surface area contributed by atoms with Crippen molar-refractivity contribution in [2.75, 3.05) is 33.0 Å². The molecule has 26 nitrogen and oxygen atoms in total. The number of aliphatic hydroxyl groups excluding tert-OH is 17. The molecule has 5 fully saturated rings. The third-order valence-electron chi connectivity index (χ3n) is 10.3. The maximum atomic E-state index is 11.0. The predicted octanol–water partition coefficient (Wildman–Crippen LogP) is -11.9. The highest BCUT2D eigenvalue weighted by Crippen LogP contribution is 2.33. The molecule has 17 N–H and O–H groups in total. The number of ether oxygens (including phenoxy) is 9. The van der Waals surface area contributed by atoms with Crippen LogP contribution < -0.4 is 0 Å². The van der Waals surface area contributed by atoms with E-state index >= 15 is 0 Å². The van der Waals surface area contributed by atoms with Crippen molar-refractivity contribution in [3.8, 4) is 0 Å². The van der Waals surface area contributed by atoms with Gasteiger partial charge in [-0.2, -0.15) is 0 Å². The Morgan fingerprint density at radius 1 is 0.304 bits per heavy atom. The highest BCUT2D eigenvalue weighted by Gasteiger charge is 2.54. The van der Waals surface area contributed by atoms with Crippen molar-refractivity contribution in [2.45, 2.75) is 154 Å². The maximum Gasteiger partial charge on any atom is 0.187 e. The fraction of sp³-hybridized carbons (Fsp3) is 1.00. The number of hydrogen-bond donors (Lipinski definition) is 17. The molecule has 5 aliphatic rings. The molecule has 5 aliphatic heterocycles. The first kappa shape index (κ1) is 46.0. The van der Waals surface area contributed by atoms with Crippen LogP contribution in [-0.2, 0) is 42.6 Å². The monoisotopic (exact) mass is 828 g/mol. The lowest BCUT2D eigenvalue weighted by molar-refractivity contribution is -0.381. The van der Waals surface area contributed by atoms with Crippen LogP contribution in [-0.4, -0.2) is 273 Å². The van der Waals surface area contributed by atoms with Gasteiger partial charge in [-0.3, -0.25) is 0 Å². The second-order valence-corrected chi connectivity index (χ2v) is 14.0. The van der Waals surface area contributed by atoms with E-state index in [0.717, 1.165) is 0 Å². The smallest absolute Gasteiger partial charge is 0.187 e. The molecule has 1 unspecified atom stereocenters. The Labute approximate surface area is 316 Å². The van der Waals surface area contributed by atoms with Gasteiger partial charge in [0.1, 0.15) is 122 Å². The van der Waals surface area contributed by atoms with Gasteiger partial charge in [-0.1, -0.05) is 0 Å². The lowest BCUT2D eigenvalue weighted by Gasteiger charge is -2.48. The van der Waals surface area contributed by atoms with Crippen LogP contribution in [0.2, 0.25) is 0 Å². The maximum absolute atomic E-state index is 11.0. The lowest BCUT2D eigenvalue weighted by Crippen LogP contribution is -2.66. The Hall–Kier alpha value is -1.04. The minimum atomic E-state index is -2.05. The Balaban J connectivity index is 1.17. The molecule has 0 aliphatic carbocycles. The second-order valence-electron chi connectivity index (χ2n) is 14.0. The Morgan fingerprint density at radius 3 is 1.09 bits per heavy atom. The van der Waals surface area contributed by atoms with Crippen LogP contribution in [0.4, 0.5) is 0 Å². The molecular formula is C30H52O26. The Bertz CT molecular complexity index is 1200. The molecular weight excluding hydrogens is 776 g/mol. The summed E-state index contributed by atoms with van der Waals surface area (Å²) in [6, 6.07) is 0. The first-order valence-electron chi connectivity index (χ1n) is 17.6. The molecule has 0 spiro atoms. The lowest BCUT2D eigenvalue weighted by atomic mass is 9.96. The van der Waals surface area contributed by atoms with Crippen molar-refractivity contribution in [3.05, 3.63) is 0 Å². The van der Waals surface area contributed by atoms with Gasteiger partial charge in [-0.25, -0.2) is 0 Å². The van der Waals surface area contributed by atoms with Gasteiger partial charge < -0.3 is 129 Å². The molecule has 26 heteroatoms. The van der Waals surface area contributed by atoms with Crippen LogP contribution in [0.5, 0.6) is 0 Å². The summed E-state index contributed by atoms with van der Waals surface area (Å²) in [6.07, 6.45) is -44.7. The third-order valence-corrected chi connectivity index (χ3v) is 10.3. The summed E-state index contributed by atoms with van der Waals surface area (Å²) in [4.78, 5) is 0. The van der Waals surface area contributed by atoms with Gasteiger partial charge in [-0.05, 0) is 0 Å². The SMILES string of the molecule is OC[C@H]1O[C@H](O[C@H]2[C@H](O)[C@@H](O)[C@@H](O[C@H]3[C@H](O)[C@@H](O)[C@@H](OC[C@H]4O[C@H](OC[C@H]5OC(O)[C@H](O)[C@@H](O)[C@@H]5O)[C@H](O)[C@@H](O)[C@@H]4O)O[C@@H]3CO)O[C@@H]2CO)[C@H](O)[C@@H](O)[C@@H]1O. The standard InChI is InChI=1S/C30H52O26/c31-1-6-11(34)15(38)21(44)29(51-6)55-25-8(3-33)53-30(23(46)18(25)41)56-24-7(2-32)52-28(22(45)17(24)40)49-5-10-13(36)16(39)20(43)27(54-10)48-4-9-12(35)14(37)19(42)26(47)50-9/h6-47H,1-5H2/t6-,7-,8-,9-,10-,11-,12-,13-,14+,15+,16+,17-,18-,19-,20-,21-,22-,23-,24-,25-,26?,27+,28+,29-,30-/m1/s1. The van der Waals surface area contributed by atoms with E-state index in [2.05, 4.69) is 0 Å². The summed E-state index contributed by atoms with van der Waals surface area (Å²) in [5, 5.41) is 174. The van der Waals surface area contributed by atoms with Crippen LogP contribution in [0.15, 0.2) is 0 Å². The molecule has 5 saturated heterocycles. The van der Waals surface area contributed by atoms with E-state index in [-0.39, 0.29) is 0 Å². The zero-order valence-corrected chi connectivity index (χ0v) is 29.2. The van der Waals surface area contributed by atoms with Gasteiger partial charge in [-0.15, -0.1) is 0 Å². The average molecular weight is 829 g/mol. The molecule has 0 amide bonds. The average Bonchev–Trinajstić information content (AvgIpc) is 3.19. The van der Waals surface area contributed by atoms with Crippen LogP contribution in [0, 0.1) is 0 Å². The van der Waals surface area contributed by atoms with E-state index < -0.39 is 187 Å². The van der Waals surface area contributed by atoms with E-state index in [1.54, 1.807) is 0 Å². The summed E-state index contributed by atoms with van der Waals surface area (Å²) in [7, 11) is 0. The highest BCUT2D eigenvalue weighted by atomic mass is 16.8. The van der Waals surface area contributed by atoms with E-state index in [1.165, 1.54) is 0 Å². The quantitative estimate of drug-likeness (QED) is 0.0819. The summed E-state index contributed by atoms with van der Waals surface area (Å²) in [6.45, 7) is -4.05. The van der Waals surface area contributed by atoms with Crippen LogP contribution >= 0.6 is 0 Å². The molecule has 0 radical (unpaired) electrons. The van der Waals surface area contributed by atoms with Gasteiger partial charge in [0, 0.05) is 0 Å². The summed E-state index contributed by atoms with van der Waals surface area (Å²) < 4.78 is 48.8. The van der Waals surface area contributed by atoms with Crippen LogP contribution in [0.3, 0.4) is 0 Å². The van der Waals surface area contributed by atoms with Gasteiger partial charge in [0.15, 0.2) is 31.5 Å². The van der Waals surface area contributed by atoms with E-state index in [9.17, 15) is 86.8 Å². The zero-order valence-electron chi connectivity index (χ0n) is 29.2. The Morgan fingerprint density at radius 2 is 0.625 bits per heavy atom. The molecule has 56 heavy (non-hydrogen) atoms. The van der Waals surface area contributed by atoms with Crippen molar-refractivity contribution in [1.82, 2.24) is 0 Å². The first-order valence-corrected chi connectivity index (χ1v) is 17.6. The molecule has 0 aromatic rings. The minimum Gasteiger partial charge on any atom is -0.394 e. The van der Waals surface area contributed by atoms with Crippen LogP contribution in [0.1, 0.15) is 0 Å². The molecule has 25 atom stereocenters. The van der Waals surface area contributed by atoms with Gasteiger partial charge in [0.05, 0.1) is 33.0 Å². The van der Waals surface area contributed by atoms with Crippen molar-refractivity contribution >= 4 is 0 Å². The second kappa shape index (κ2) is 19.6. The molecule has 0 saturated carbocycles. The van der Waals surface area contributed by atoms with Gasteiger partial charge in [0.25, 0.3) is 0 Å². The fourth-order valence-corrected chi connectivity index (χ4v) is 6.82. The molecule has 0 aromatic heterocycles. The van der Waals surface area contributed by atoms with Crippen molar-refractivity contribution in [3.63, 3.8) is 0 Å². The minimum absolute atomic E-state index is 0.669.